The molecule has 0 spiro atoms. The van der Waals surface area contributed by atoms with Crippen molar-refractivity contribution in [2.24, 2.45) is 5.14 Å². The standard InChI is InChI=1S/C10H18N4O4S/c1-7-9(19(11,16)17)8(13-12-7)10(15)14(2)5-4-6-18-3/h4-6H2,1-3H3,(H,12,13)(H2,11,16,17). The molecule has 0 saturated heterocycles. The fraction of sp³-hybridized carbons (Fsp3) is 0.600. The van der Waals surface area contributed by atoms with Gasteiger partial charge in [-0.3, -0.25) is 9.89 Å². The first-order valence-corrected chi connectivity index (χ1v) is 7.15. The van der Waals surface area contributed by atoms with Gasteiger partial charge in [-0.05, 0) is 13.3 Å². The lowest BCUT2D eigenvalue weighted by Gasteiger charge is -2.16. The quantitative estimate of drug-likeness (QED) is 0.683. The SMILES string of the molecule is COCCCN(C)C(=O)c1n[nH]c(C)c1S(N)(=O)=O. The molecule has 0 fully saturated rings. The number of H-pyrrole nitrogens is 1. The first-order valence-electron chi connectivity index (χ1n) is 5.61. The second kappa shape index (κ2) is 6.13. The number of aryl methyl sites for hydroxylation is 1. The molecular formula is C10H18N4O4S. The number of primary sulfonamides is 1. The second-order valence-electron chi connectivity index (χ2n) is 4.14. The Bertz CT molecular complexity index is 552. The molecule has 1 heterocycles. The van der Waals surface area contributed by atoms with Gasteiger partial charge in [0.15, 0.2) is 5.69 Å². The number of nitrogens with one attached hydrogen (secondary N) is 1. The van der Waals surface area contributed by atoms with E-state index in [4.69, 9.17) is 9.88 Å². The molecule has 0 bridgehead atoms. The molecule has 108 valence electrons. The molecule has 3 N–H and O–H groups in total. The highest BCUT2D eigenvalue weighted by Gasteiger charge is 2.27. The highest BCUT2D eigenvalue weighted by Crippen LogP contribution is 2.17. The Morgan fingerprint density at radius 3 is 2.68 bits per heavy atom. The number of aromatic amines is 1. The molecule has 0 aliphatic rings. The van der Waals surface area contributed by atoms with Crippen molar-refractivity contribution in [3.05, 3.63) is 11.4 Å². The van der Waals surface area contributed by atoms with Crippen LogP contribution in [0.1, 0.15) is 22.6 Å². The van der Waals surface area contributed by atoms with Crippen LogP contribution >= 0.6 is 0 Å². The van der Waals surface area contributed by atoms with Gasteiger partial charge in [0.25, 0.3) is 5.91 Å². The predicted molar refractivity (Wildman–Crippen MR) is 68.2 cm³/mol. The van der Waals surface area contributed by atoms with Crippen molar-refractivity contribution >= 4 is 15.9 Å². The van der Waals surface area contributed by atoms with Gasteiger partial charge < -0.3 is 9.64 Å². The van der Waals surface area contributed by atoms with Crippen LogP contribution < -0.4 is 5.14 Å². The smallest absolute Gasteiger partial charge is 0.275 e. The van der Waals surface area contributed by atoms with Gasteiger partial charge in [-0.1, -0.05) is 0 Å². The molecule has 0 aromatic carbocycles. The zero-order valence-electron chi connectivity index (χ0n) is 11.1. The van der Waals surface area contributed by atoms with E-state index in [9.17, 15) is 13.2 Å². The number of sulfonamides is 1. The molecule has 9 heteroatoms. The van der Waals surface area contributed by atoms with Crippen LogP contribution in [0.4, 0.5) is 0 Å². The number of nitrogens with zero attached hydrogens (tertiary/aromatic N) is 2. The molecule has 8 nitrogen and oxygen atoms in total. The Morgan fingerprint density at radius 2 is 2.16 bits per heavy atom. The summed E-state index contributed by atoms with van der Waals surface area (Å²) in [5.74, 6) is -0.496. The average Bonchev–Trinajstić information content (AvgIpc) is 2.70. The van der Waals surface area contributed by atoms with Gasteiger partial charge in [-0.15, -0.1) is 0 Å². The van der Waals surface area contributed by atoms with E-state index in [2.05, 4.69) is 10.2 Å². The van der Waals surface area contributed by atoms with Crippen molar-refractivity contribution in [3.8, 4) is 0 Å². The maximum absolute atomic E-state index is 12.1. The van der Waals surface area contributed by atoms with Gasteiger partial charge >= 0.3 is 0 Å². The van der Waals surface area contributed by atoms with E-state index in [1.54, 1.807) is 14.2 Å². The third-order valence-electron chi connectivity index (χ3n) is 2.57. The summed E-state index contributed by atoms with van der Waals surface area (Å²) < 4.78 is 27.8. The summed E-state index contributed by atoms with van der Waals surface area (Å²) in [5, 5.41) is 11.3. The van der Waals surface area contributed by atoms with Gasteiger partial charge in [0.05, 0.1) is 5.69 Å². The van der Waals surface area contributed by atoms with Crippen LogP contribution in [0.2, 0.25) is 0 Å². The van der Waals surface area contributed by atoms with Crippen LogP contribution in [-0.2, 0) is 14.8 Å². The number of hydrogen-bond acceptors (Lipinski definition) is 5. The summed E-state index contributed by atoms with van der Waals surface area (Å²) in [6, 6.07) is 0. The first kappa shape index (κ1) is 15.6. The van der Waals surface area contributed by atoms with Gasteiger partial charge in [0, 0.05) is 27.3 Å². The Morgan fingerprint density at radius 1 is 1.53 bits per heavy atom. The topological polar surface area (TPSA) is 118 Å². The van der Waals surface area contributed by atoms with Gasteiger partial charge in [-0.2, -0.15) is 5.10 Å². The van der Waals surface area contributed by atoms with Crippen LogP contribution in [-0.4, -0.2) is 56.7 Å². The molecular weight excluding hydrogens is 272 g/mol. The second-order valence-corrected chi connectivity index (χ2v) is 5.64. The van der Waals surface area contributed by atoms with Crippen LogP contribution in [0.25, 0.3) is 0 Å². The van der Waals surface area contributed by atoms with E-state index in [1.807, 2.05) is 0 Å². The van der Waals surface area contributed by atoms with E-state index in [0.717, 1.165) is 0 Å². The minimum atomic E-state index is -3.99. The zero-order chi connectivity index (χ0) is 14.6. The van der Waals surface area contributed by atoms with Crippen molar-refractivity contribution in [2.75, 3.05) is 27.3 Å². The molecule has 0 atom stereocenters. The number of carbonyl (C=O) groups excluding carboxylic acids is 1. The summed E-state index contributed by atoms with van der Waals surface area (Å²) in [6.07, 6.45) is 0.646. The third kappa shape index (κ3) is 3.75. The van der Waals surface area contributed by atoms with Crippen molar-refractivity contribution in [3.63, 3.8) is 0 Å². The van der Waals surface area contributed by atoms with Crippen molar-refractivity contribution in [1.82, 2.24) is 15.1 Å². The number of nitrogens with two attached hydrogens (primary N) is 1. The zero-order valence-corrected chi connectivity index (χ0v) is 12.0. The van der Waals surface area contributed by atoms with Crippen molar-refractivity contribution in [2.45, 2.75) is 18.2 Å². The van der Waals surface area contributed by atoms with E-state index >= 15 is 0 Å². The van der Waals surface area contributed by atoms with Crippen molar-refractivity contribution < 1.29 is 17.9 Å². The Kier molecular flexibility index (Phi) is 5.04. The molecule has 1 amide bonds. The molecule has 1 aromatic heterocycles. The van der Waals surface area contributed by atoms with Gasteiger partial charge in [0.2, 0.25) is 10.0 Å². The van der Waals surface area contributed by atoms with Gasteiger partial charge in [0.1, 0.15) is 4.90 Å². The maximum Gasteiger partial charge on any atom is 0.275 e. The Hall–Kier alpha value is -1.45. The summed E-state index contributed by atoms with van der Waals surface area (Å²) in [4.78, 5) is 13.2. The Labute approximate surface area is 112 Å². The highest BCUT2D eigenvalue weighted by molar-refractivity contribution is 7.89. The number of carbonyl (C=O) groups is 1. The lowest BCUT2D eigenvalue weighted by molar-refractivity contribution is 0.0769. The van der Waals surface area contributed by atoms with Crippen LogP contribution in [0.3, 0.4) is 0 Å². The van der Waals surface area contributed by atoms with E-state index in [-0.39, 0.29) is 16.3 Å². The summed E-state index contributed by atoms with van der Waals surface area (Å²) in [7, 11) is -0.859. The number of aromatic nitrogens is 2. The molecule has 0 aliphatic heterocycles. The molecule has 1 aromatic rings. The van der Waals surface area contributed by atoms with Crippen molar-refractivity contribution in [1.29, 1.82) is 0 Å². The van der Waals surface area contributed by atoms with Gasteiger partial charge in [-0.25, -0.2) is 13.6 Å². The van der Waals surface area contributed by atoms with E-state index < -0.39 is 15.9 Å². The maximum atomic E-state index is 12.1. The molecule has 0 aliphatic carbocycles. The number of hydrogen-bond donors (Lipinski definition) is 2. The largest absolute Gasteiger partial charge is 0.385 e. The molecule has 0 radical (unpaired) electrons. The Balaban J connectivity index is 2.95. The number of rotatable bonds is 6. The highest BCUT2D eigenvalue weighted by atomic mass is 32.2. The fourth-order valence-electron chi connectivity index (χ4n) is 1.64. The van der Waals surface area contributed by atoms with E-state index in [1.165, 1.54) is 11.8 Å². The lowest BCUT2D eigenvalue weighted by atomic mass is 10.3. The molecule has 0 unspecified atom stereocenters. The van der Waals surface area contributed by atoms with Crippen LogP contribution in [0, 0.1) is 6.92 Å². The predicted octanol–water partition coefficient (Wildman–Crippen LogP) is -0.526. The number of methoxy groups -OCH3 is 1. The molecule has 1 rings (SSSR count). The summed E-state index contributed by atoms with van der Waals surface area (Å²) in [5.41, 5.74) is 0.0658. The number of amides is 1. The number of ether oxygens (including phenoxy) is 1. The fourth-order valence-corrected chi connectivity index (χ4v) is 2.52. The molecule has 19 heavy (non-hydrogen) atoms. The van der Waals surface area contributed by atoms with Crippen LogP contribution in [0.5, 0.6) is 0 Å². The summed E-state index contributed by atoms with van der Waals surface area (Å²) in [6.45, 7) is 2.44. The lowest BCUT2D eigenvalue weighted by Crippen LogP contribution is -2.30. The minimum Gasteiger partial charge on any atom is -0.385 e. The van der Waals surface area contributed by atoms with Crippen LogP contribution in [0.15, 0.2) is 4.90 Å². The van der Waals surface area contributed by atoms with E-state index in [0.29, 0.717) is 19.6 Å². The summed E-state index contributed by atoms with van der Waals surface area (Å²) >= 11 is 0. The first-order chi connectivity index (χ1) is 8.79. The average molecular weight is 290 g/mol. The normalized spacial score (nSPS) is 11.6. The monoisotopic (exact) mass is 290 g/mol. The minimum absolute atomic E-state index is 0.181. The third-order valence-corrected chi connectivity index (χ3v) is 3.64. The molecule has 0 saturated carbocycles.